The standard InChI is InChI=1S/C12H10F2N6O3S/c1-7-10(5-19(18-7)12(13)14)24(22,23)20-9-2-11(16-6-21)15-3-8(9)4-17-20/h2-6,12H,1H3,(H,15,16,21). The van der Waals surface area contributed by atoms with Gasteiger partial charge in [0.2, 0.25) is 6.41 Å². The maximum absolute atomic E-state index is 12.7. The summed E-state index contributed by atoms with van der Waals surface area (Å²) in [7, 11) is -4.25. The van der Waals surface area contributed by atoms with Gasteiger partial charge in [0.1, 0.15) is 10.7 Å². The van der Waals surface area contributed by atoms with E-state index < -0.39 is 21.5 Å². The first-order valence-electron chi connectivity index (χ1n) is 6.48. The van der Waals surface area contributed by atoms with Gasteiger partial charge in [-0.1, -0.05) is 0 Å². The molecule has 0 saturated carbocycles. The van der Waals surface area contributed by atoms with Crippen LogP contribution in [0.4, 0.5) is 14.6 Å². The summed E-state index contributed by atoms with van der Waals surface area (Å²) >= 11 is 0. The van der Waals surface area contributed by atoms with E-state index in [1.54, 1.807) is 0 Å². The summed E-state index contributed by atoms with van der Waals surface area (Å²) in [6, 6.07) is 1.31. The number of nitrogens with zero attached hydrogens (tertiary/aromatic N) is 5. The molecule has 0 unspecified atom stereocenters. The topological polar surface area (TPSA) is 112 Å². The number of fused-ring (bicyclic) bond motifs is 1. The highest BCUT2D eigenvalue weighted by Crippen LogP contribution is 2.24. The second-order valence-electron chi connectivity index (χ2n) is 4.72. The third kappa shape index (κ3) is 2.50. The fourth-order valence-electron chi connectivity index (χ4n) is 2.14. The lowest BCUT2D eigenvalue weighted by molar-refractivity contribution is -0.105. The molecule has 0 aliphatic carbocycles. The molecule has 126 valence electrons. The molecule has 0 radical (unpaired) electrons. The van der Waals surface area contributed by atoms with Crippen molar-refractivity contribution in [3.63, 3.8) is 0 Å². The lowest BCUT2D eigenvalue weighted by Crippen LogP contribution is -2.15. The average molecular weight is 356 g/mol. The number of carbonyl (C=O) groups excluding carboxylic acids is 1. The Hall–Kier alpha value is -2.89. The minimum Gasteiger partial charge on any atom is -0.313 e. The molecule has 3 rings (SSSR count). The van der Waals surface area contributed by atoms with Gasteiger partial charge in [-0.15, -0.1) is 0 Å². The zero-order chi connectivity index (χ0) is 17.5. The summed E-state index contributed by atoms with van der Waals surface area (Å²) in [6.07, 6.45) is 3.72. The van der Waals surface area contributed by atoms with Gasteiger partial charge in [-0.3, -0.25) is 4.79 Å². The summed E-state index contributed by atoms with van der Waals surface area (Å²) < 4.78 is 51.8. The molecule has 0 aliphatic rings. The Morgan fingerprint density at radius 1 is 1.33 bits per heavy atom. The van der Waals surface area contributed by atoms with Gasteiger partial charge in [-0.25, -0.2) is 9.67 Å². The summed E-state index contributed by atoms with van der Waals surface area (Å²) in [5.41, 5.74) is 0.0535. The predicted molar refractivity (Wildman–Crippen MR) is 78.0 cm³/mol. The van der Waals surface area contributed by atoms with Crippen LogP contribution in [0.15, 0.2) is 29.6 Å². The highest BCUT2D eigenvalue weighted by Gasteiger charge is 2.26. The van der Waals surface area contributed by atoms with Crippen molar-refractivity contribution < 1.29 is 22.0 Å². The number of rotatable bonds is 5. The number of carbonyl (C=O) groups is 1. The summed E-state index contributed by atoms with van der Waals surface area (Å²) in [4.78, 5) is 14.0. The van der Waals surface area contributed by atoms with Crippen LogP contribution in [-0.4, -0.2) is 38.8 Å². The molecule has 0 bridgehead atoms. The van der Waals surface area contributed by atoms with Crippen molar-refractivity contribution in [3.05, 3.63) is 30.4 Å². The van der Waals surface area contributed by atoms with Crippen molar-refractivity contribution in [2.45, 2.75) is 18.4 Å². The van der Waals surface area contributed by atoms with E-state index in [4.69, 9.17) is 0 Å². The Morgan fingerprint density at radius 2 is 2.08 bits per heavy atom. The quantitative estimate of drug-likeness (QED) is 0.686. The molecule has 1 amide bonds. The smallest absolute Gasteiger partial charge is 0.313 e. The van der Waals surface area contributed by atoms with Crippen LogP contribution < -0.4 is 5.32 Å². The molecular weight excluding hydrogens is 346 g/mol. The molecule has 9 nitrogen and oxygen atoms in total. The first kappa shape index (κ1) is 16.0. The van der Waals surface area contributed by atoms with Crippen LogP contribution in [0.2, 0.25) is 0 Å². The van der Waals surface area contributed by atoms with Crippen molar-refractivity contribution in [3.8, 4) is 0 Å². The van der Waals surface area contributed by atoms with Crippen molar-refractivity contribution in [1.82, 2.24) is 24.0 Å². The van der Waals surface area contributed by atoms with Crippen molar-refractivity contribution in [1.29, 1.82) is 0 Å². The number of amides is 1. The molecule has 0 aromatic carbocycles. The zero-order valence-electron chi connectivity index (χ0n) is 12.1. The summed E-state index contributed by atoms with van der Waals surface area (Å²) in [6.45, 7) is -1.66. The highest BCUT2D eigenvalue weighted by molar-refractivity contribution is 7.90. The summed E-state index contributed by atoms with van der Waals surface area (Å²) in [5, 5.41) is 9.97. The number of anilines is 1. The van der Waals surface area contributed by atoms with E-state index in [9.17, 15) is 22.0 Å². The molecule has 0 atom stereocenters. The molecule has 0 spiro atoms. The number of aryl methyl sites for hydroxylation is 1. The maximum Gasteiger partial charge on any atom is 0.333 e. The lowest BCUT2D eigenvalue weighted by Gasteiger charge is -2.05. The number of aromatic nitrogens is 5. The first-order valence-corrected chi connectivity index (χ1v) is 7.92. The number of hydrogen-bond acceptors (Lipinski definition) is 6. The Bertz CT molecular complexity index is 1030. The molecular formula is C12H10F2N6O3S. The summed E-state index contributed by atoms with van der Waals surface area (Å²) in [5.74, 6) is 0.120. The SMILES string of the molecule is Cc1nn(C(F)F)cc1S(=O)(=O)n1ncc2cnc(NC=O)cc21. The molecule has 3 aromatic heterocycles. The van der Waals surface area contributed by atoms with Crippen LogP contribution in [0.1, 0.15) is 12.2 Å². The van der Waals surface area contributed by atoms with Gasteiger partial charge in [0, 0.05) is 17.6 Å². The van der Waals surface area contributed by atoms with Gasteiger partial charge < -0.3 is 5.32 Å². The number of hydrogen-bond donors (Lipinski definition) is 1. The van der Waals surface area contributed by atoms with E-state index >= 15 is 0 Å². The monoisotopic (exact) mass is 356 g/mol. The van der Waals surface area contributed by atoms with Crippen LogP contribution in [0.5, 0.6) is 0 Å². The van der Waals surface area contributed by atoms with Gasteiger partial charge in [0.05, 0.1) is 23.6 Å². The van der Waals surface area contributed by atoms with Gasteiger partial charge in [-0.05, 0) is 6.92 Å². The molecule has 0 aliphatic heterocycles. The van der Waals surface area contributed by atoms with Crippen LogP contribution in [-0.2, 0) is 14.8 Å². The second kappa shape index (κ2) is 5.63. The van der Waals surface area contributed by atoms with Gasteiger partial charge in [0.25, 0.3) is 10.0 Å². The average Bonchev–Trinajstić information content (AvgIpc) is 3.11. The molecule has 1 N–H and O–H groups in total. The van der Waals surface area contributed by atoms with Crippen LogP contribution in [0.3, 0.4) is 0 Å². The zero-order valence-corrected chi connectivity index (χ0v) is 12.9. The largest absolute Gasteiger partial charge is 0.333 e. The van der Waals surface area contributed by atoms with Gasteiger partial charge in [-0.2, -0.15) is 31.5 Å². The van der Waals surface area contributed by atoms with E-state index in [0.29, 0.717) is 15.9 Å². The highest BCUT2D eigenvalue weighted by atomic mass is 32.2. The maximum atomic E-state index is 12.7. The van der Waals surface area contributed by atoms with E-state index in [1.807, 2.05) is 0 Å². The molecule has 12 heteroatoms. The third-order valence-electron chi connectivity index (χ3n) is 3.20. The Balaban J connectivity index is 2.18. The normalized spacial score (nSPS) is 12.0. The van der Waals surface area contributed by atoms with Crippen LogP contribution in [0.25, 0.3) is 10.9 Å². The van der Waals surface area contributed by atoms with E-state index in [0.717, 1.165) is 6.20 Å². The number of halogens is 2. The Kier molecular flexibility index (Phi) is 3.75. The predicted octanol–water partition coefficient (Wildman–Crippen LogP) is 1.14. The Labute approximate surface area is 134 Å². The fourth-order valence-corrected chi connectivity index (χ4v) is 3.57. The lowest BCUT2D eigenvalue weighted by atomic mass is 10.3. The number of nitrogens with one attached hydrogen (secondary N) is 1. The number of pyridine rings is 1. The van der Waals surface area contributed by atoms with E-state index in [2.05, 4.69) is 20.5 Å². The third-order valence-corrected chi connectivity index (χ3v) is 4.91. The van der Waals surface area contributed by atoms with Gasteiger partial charge >= 0.3 is 6.55 Å². The van der Waals surface area contributed by atoms with Crippen molar-refractivity contribution in [2.75, 3.05) is 5.32 Å². The van der Waals surface area contributed by atoms with Crippen molar-refractivity contribution >= 4 is 33.2 Å². The minimum absolute atomic E-state index is 0.0840. The van der Waals surface area contributed by atoms with Gasteiger partial charge in [0.15, 0.2) is 0 Å². The molecule has 0 saturated heterocycles. The molecule has 3 heterocycles. The van der Waals surface area contributed by atoms with Crippen LogP contribution in [0, 0.1) is 6.92 Å². The molecule has 0 fully saturated rings. The second-order valence-corrected chi connectivity index (χ2v) is 6.46. The van der Waals surface area contributed by atoms with Crippen LogP contribution >= 0.6 is 0 Å². The molecule has 24 heavy (non-hydrogen) atoms. The minimum atomic E-state index is -4.25. The van der Waals surface area contributed by atoms with Crippen molar-refractivity contribution in [2.24, 2.45) is 0 Å². The van der Waals surface area contributed by atoms with E-state index in [-0.39, 0.29) is 21.7 Å². The molecule has 3 aromatic rings. The Morgan fingerprint density at radius 3 is 2.71 bits per heavy atom. The van der Waals surface area contributed by atoms with E-state index in [1.165, 1.54) is 25.4 Å². The number of alkyl halides is 2. The first-order chi connectivity index (χ1) is 11.3. The fraction of sp³-hybridized carbons (Fsp3) is 0.167.